The van der Waals surface area contributed by atoms with Gasteiger partial charge < -0.3 is 11.1 Å². The van der Waals surface area contributed by atoms with Gasteiger partial charge in [-0.15, -0.1) is 0 Å². The monoisotopic (exact) mass is 253 g/mol. The molecule has 3 unspecified atom stereocenters. The summed E-state index contributed by atoms with van der Waals surface area (Å²) in [5.41, 5.74) is 5.38. The number of amides is 1. The zero-order chi connectivity index (χ0) is 13.2. The van der Waals surface area contributed by atoms with Gasteiger partial charge in [-0.2, -0.15) is 0 Å². The lowest BCUT2D eigenvalue weighted by Crippen LogP contribution is -2.56. The van der Waals surface area contributed by atoms with Crippen LogP contribution in [0.25, 0.3) is 0 Å². The number of nitrogens with zero attached hydrogens (tertiary/aromatic N) is 1. The maximum Gasteiger partial charge on any atom is 0.240 e. The van der Waals surface area contributed by atoms with Crippen molar-refractivity contribution in [3.63, 3.8) is 0 Å². The summed E-state index contributed by atoms with van der Waals surface area (Å²) in [4.78, 5) is 14.8. The Balaban J connectivity index is 1.91. The van der Waals surface area contributed by atoms with Crippen molar-refractivity contribution in [1.29, 1.82) is 0 Å². The van der Waals surface area contributed by atoms with Gasteiger partial charge in [0.05, 0.1) is 5.54 Å². The summed E-state index contributed by atoms with van der Waals surface area (Å²) >= 11 is 0. The van der Waals surface area contributed by atoms with Crippen molar-refractivity contribution in [2.45, 2.75) is 70.0 Å². The molecule has 0 spiro atoms. The highest BCUT2D eigenvalue weighted by Crippen LogP contribution is 2.27. The number of hydrogen-bond donors (Lipinski definition) is 2. The van der Waals surface area contributed by atoms with Crippen LogP contribution in [0.4, 0.5) is 0 Å². The van der Waals surface area contributed by atoms with Crippen LogP contribution < -0.4 is 11.1 Å². The van der Waals surface area contributed by atoms with E-state index in [2.05, 4.69) is 17.1 Å². The van der Waals surface area contributed by atoms with Gasteiger partial charge in [-0.25, -0.2) is 0 Å². The number of nitrogens with two attached hydrogens (primary N) is 1. The Hall–Kier alpha value is -0.610. The van der Waals surface area contributed by atoms with Gasteiger partial charge in [0, 0.05) is 18.6 Å². The summed E-state index contributed by atoms with van der Waals surface area (Å²) in [6, 6.07) is 0.873. The molecule has 3 N–H and O–H groups in total. The number of hydrogen-bond acceptors (Lipinski definition) is 3. The van der Waals surface area contributed by atoms with E-state index in [4.69, 9.17) is 5.73 Å². The average Bonchev–Trinajstić information content (AvgIpc) is 2.73. The van der Waals surface area contributed by atoms with E-state index in [9.17, 15) is 4.79 Å². The maximum absolute atomic E-state index is 12.2. The lowest BCUT2D eigenvalue weighted by Gasteiger charge is -2.34. The number of carbonyl (C=O) groups is 1. The highest BCUT2D eigenvalue weighted by Gasteiger charge is 2.38. The minimum atomic E-state index is -0.711. The molecule has 0 aromatic heterocycles. The lowest BCUT2D eigenvalue weighted by atomic mass is 9.94. The third kappa shape index (κ3) is 2.86. The number of carbonyl (C=O) groups excluding carboxylic acids is 1. The van der Waals surface area contributed by atoms with Crippen LogP contribution in [0.2, 0.25) is 0 Å². The predicted molar refractivity (Wildman–Crippen MR) is 73.3 cm³/mol. The Bertz CT molecular complexity index is 303. The van der Waals surface area contributed by atoms with E-state index in [-0.39, 0.29) is 5.91 Å². The van der Waals surface area contributed by atoms with Crippen molar-refractivity contribution in [3.05, 3.63) is 0 Å². The van der Waals surface area contributed by atoms with Crippen molar-refractivity contribution in [1.82, 2.24) is 10.2 Å². The molecular weight excluding hydrogens is 226 g/mol. The summed E-state index contributed by atoms with van der Waals surface area (Å²) in [5, 5.41) is 3.20. The lowest BCUT2D eigenvalue weighted by molar-refractivity contribution is -0.127. The van der Waals surface area contributed by atoms with Gasteiger partial charge in [0.1, 0.15) is 0 Å². The van der Waals surface area contributed by atoms with Crippen LogP contribution in [0.3, 0.4) is 0 Å². The third-order valence-electron chi connectivity index (χ3n) is 4.46. The first-order valence-corrected chi connectivity index (χ1v) is 7.38. The summed E-state index contributed by atoms with van der Waals surface area (Å²) in [5.74, 6) is 0.0294. The van der Waals surface area contributed by atoms with Gasteiger partial charge in [-0.1, -0.05) is 19.8 Å². The van der Waals surface area contributed by atoms with Gasteiger partial charge in [-0.05, 0) is 39.2 Å². The van der Waals surface area contributed by atoms with Gasteiger partial charge in [0.2, 0.25) is 5.91 Å². The zero-order valence-corrected chi connectivity index (χ0v) is 11.7. The quantitative estimate of drug-likeness (QED) is 0.792. The molecule has 0 saturated carbocycles. The van der Waals surface area contributed by atoms with Crippen LogP contribution in [0.15, 0.2) is 0 Å². The fourth-order valence-corrected chi connectivity index (χ4v) is 3.38. The molecular formula is C14H27N3O. The molecule has 0 aromatic carbocycles. The largest absolute Gasteiger partial charge is 0.350 e. The fraction of sp³-hybridized carbons (Fsp3) is 0.929. The fourth-order valence-electron chi connectivity index (χ4n) is 3.38. The van der Waals surface area contributed by atoms with Crippen molar-refractivity contribution >= 4 is 5.91 Å². The van der Waals surface area contributed by atoms with Crippen LogP contribution in [0, 0.1) is 0 Å². The molecule has 2 fully saturated rings. The SMILES string of the molecule is CCCC(C)(N)C(=O)NC1CCN2CCCCC12. The van der Waals surface area contributed by atoms with Crippen LogP contribution in [-0.2, 0) is 4.79 Å². The van der Waals surface area contributed by atoms with Crippen molar-refractivity contribution in [2.75, 3.05) is 13.1 Å². The van der Waals surface area contributed by atoms with E-state index >= 15 is 0 Å². The Morgan fingerprint density at radius 2 is 2.17 bits per heavy atom. The summed E-state index contributed by atoms with van der Waals surface area (Å²) in [6.45, 7) is 6.24. The molecule has 2 aliphatic rings. The van der Waals surface area contributed by atoms with Crippen LogP contribution in [0.1, 0.15) is 52.4 Å². The Morgan fingerprint density at radius 3 is 2.89 bits per heavy atom. The topological polar surface area (TPSA) is 58.4 Å². The second kappa shape index (κ2) is 5.57. The standard InChI is InChI=1S/C14H27N3O/c1-3-8-14(2,15)13(18)16-11-7-10-17-9-5-4-6-12(11)17/h11-12H,3-10,15H2,1-2H3,(H,16,18). The predicted octanol–water partition coefficient (Wildman–Crippen LogP) is 1.25. The van der Waals surface area contributed by atoms with E-state index in [0.29, 0.717) is 12.1 Å². The first-order valence-electron chi connectivity index (χ1n) is 7.38. The van der Waals surface area contributed by atoms with Gasteiger partial charge in [0.15, 0.2) is 0 Å². The summed E-state index contributed by atoms with van der Waals surface area (Å²) < 4.78 is 0. The zero-order valence-electron chi connectivity index (χ0n) is 11.7. The van der Waals surface area contributed by atoms with Gasteiger partial charge >= 0.3 is 0 Å². The molecule has 0 aromatic rings. The molecule has 2 heterocycles. The van der Waals surface area contributed by atoms with Crippen molar-refractivity contribution in [2.24, 2.45) is 5.73 Å². The number of rotatable bonds is 4. The second-order valence-electron chi connectivity index (χ2n) is 6.14. The van der Waals surface area contributed by atoms with E-state index < -0.39 is 5.54 Å². The Kier molecular flexibility index (Phi) is 4.28. The molecule has 0 radical (unpaired) electrons. The van der Waals surface area contributed by atoms with Crippen LogP contribution in [0.5, 0.6) is 0 Å². The van der Waals surface area contributed by atoms with Crippen molar-refractivity contribution in [3.8, 4) is 0 Å². The minimum absolute atomic E-state index is 0.0294. The molecule has 4 nitrogen and oxygen atoms in total. The van der Waals surface area contributed by atoms with Crippen LogP contribution in [-0.4, -0.2) is 41.5 Å². The molecule has 4 heteroatoms. The molecule has 2 rings (SSSR count). The first kappa shape index (κ1) is 13.8. The highest BCUT2D eigenvalue weighted by molar-refractivity contribution is 5.85. The van der Waals surface area contributed by atoms with E-state index in [1.807, 2.05) is 6.92 Å². The normalized spacial score (nSPS) is 31.7. The molecule has 18 heavy (non-hydrogen) atoms. The smallest absolute Gasteiger partial charge is 0.240 e. The average molecular weight is 253 g/mol. The maximum atomic E-state index is 12.2. The first-order chi connectivity index (χ1) is 8.54. The summed E-state index contributed by atoms with van der Waals surface area (Å²) in [6.07, 6.45) is 6.60. The number of nitrogens with one attached hydrogen (secondary N) is 1. The Morgan fingerprint density at radius 1 is 1.39 bits per heavy atom. The second-order valence-corrected chi connectivity index (χ2v) is 6.14. The number of fused-ring (bicyclic) bond motifs is 1. The molecule has 2 saturated heterocycles. The van der Waals surface area contributed by atoms with Crippen LogP contribution >= 0.6 is 0 Å². The molecule has 104 valence electrons. The molecule has 3 atom stereocenters. The van der Waals surface area contributed by atoms with E-state index in [1.165, 1.54) is 25.8 Å². The molecule has 2 aliphatic heterocycles. The Labute approximate surface area is 110 Å². The molecule has 0 aliphatic carbocycles. The van der Waals surface area contributed by atoms with E-state index in [1.54, 1.807) is 0 Å². The summed E-state index contributed by atoms with van der Waals surface area (Å²) in [7, 11) is 0. The van der Waals surface area contributed by atoms with Gasteiger partial charge in [0.25, 0.3) is 0 Å². The molecule has 1 amide bonds. The number of piperidine rings is 1. The van der Waals surface area contributed by atoms with E-state index in [0.717, 1.165) is 25.8 Å². The molecule has 0 bridgehead atoms. The van der Waals surface area contributed by atoms with Crippen molar-refractivity contribution < 1.29 is 4.79 Å². The highest BCUT2D eigenvalue weighted by atomic mass is 16.2. The third-order valence-corrected chi connectivity index (χ3v) is 4.46. The minimum Gasteiger partial charge on any atom is -0.350 e. The van der Waals surface area contributed by atoms with Gasteiger partial charge in [-0.3, -0.25) is 9.69 Å².